The van der Waals surface area contributed by atoms with Gasteiger partial charge in [0.2, 0.25) is 0 Å². The number of furan rings is 1. The Balaban J connectivity index is 1.72. The van der Waals surface area contributed by atoms with Crippen molar-refractivity contribution in [2.45, 2.75) is 6.54 Å². The fraction of sp³-hybridized carbons (Fsp3) is 0.105. The van der Waals surface area contributed by atoms with E-state index in [1.54, 1.807) is 48.7 Å². The third-order valence-corrected chi connectivity index (χ3v) is 3.63. The molecule has 2 N–H and O–H groups in total. The molecule has 1 amide bonds. The van der Waals surface area contributed by atoms with Crippen LogP contribution in [-0.2, 0) is 11.3 Å². The molecule has 0 aliphatic carbocycles. The molecule has 0 bridgehead atoms. The zero-order valence-corrected chi connectivity index (χ0v) is 14.1. The lowest BCUT2D eigenvalue weighted by molar-refractivity contribution is 0.0602. The molecule has 0 fully saturated rings. The van der Waals surface area contributed by atoms with Gasteiger partial charge in [0.15, 0.2) is 0 Å². The Morgan fingerprint density at radius 3 is 2.77 bits per heavy atom. The van der Waals surface area contributed by atoms with Crippen molar-refractivity contribution in [2.24, 2.45) is 0 Å². The van der Waals surface area contributed by atoms with E-state index in [4.69, 9.17) is 9.15 Å². The van der Waals surface area contributed by atoms with E-state index >= 15 is 0 Å². The Hall–Kier alpha value is -3.61. The summed E-state index contributed by atoms with van der Waals surface area (Å²) in [6.07, 6.45) is 3.12. The van der Waals surface area contributed by atoms with Crippen molar-refractivity contribution < 1.29 is 18.7 Å². The molecule has 0 atom stereocenters. The van der Waals surface area contributed by atoms with Gasteiger partial charge >= 0.3 is 5.97 Å². The van der Waals surface area contributed by atoms with Crippen LogP contribution in [0, 0.1) is 0 Å². The molecule has 0 aliphatic heterocycles. The number of amides is 1. The number of methoxy groups -OCH3 is 1. The predicted molar refractivity (Wildman–Crippen MR) is 96.0 cm³/mol. The monoisotopic (exact) mass is 351 g/mol. The van der Waals surface area contributed by atoms with E-state index in [2.05, 4.69) is 15.6 Å². The number of benzene rings is 1. The molecule has 0 saturated heterocycles. The first kappa shape index (κ1) is 17.2. The molecule has 3 rings (SSSR count). The third-order valence-electron chi connectivity index (χ3n) is 3.63. The molecule has 26 heavy (non-hydrogen) atoms. The topological polar surface area (TPSA) is 93.5 Å². The lowest BCUT2D eigenvalue weighted by Gasteiger charge is -2.10. The van der Waals surface area contributed by atoms with Crippen LogP contribution in [0.4, 0.5) is 11.5 Å². The summed E-state index contributed by atoms with van der Waals surface area (Å²) in [6, 6.07) is 13.5. The van der Waals surface area contributed by atoms with Crippen LogP contribution in [-0.4, -0.2) is 24.0 Å². The molecule has 0 saturated carbocycles. The van der Waals surface area contributed by atoms with Crippen LogP contribution < -0.4 is 10.6 Å². The Labute approximate surface area is 150 Å². The minimum Gasteiger partial charge on any atom is -0.467 e. The van der Waals surface area contributed by atoms with Crippen LogP contribution in [0.15, 0.2) is 65.4 Å². The number of para-hydroxylation sites is 1. The third kappa shape index (κ3) is 4.07. The molecule has 1 aromatic carbocycles. The number of hydrogen-bond donors (Lipinski definition) is 2. The number of aromatic nitrogens is 1. The Kier molecular flexibility index (Phi) is 5.28. The normalized spacial score (nSPS) is 10.2. The van der Waals surface area contributed by atoms with Gasteiger partial charge in [-0.25, -0.2) is 9.78 Å². The van der Waals surface area contributed by atoms with Gasteiger partial charge in [-0.15, -0.1) is 0 Å². The van der Waals surface area contributed by atoms with Gasteiger partial charge in [0.25, 0.3) is 5.91 Å². The van der Waals surface area contributed by atoms with Crippen LogP contribution in [0.25, 0.3) is 0 Å². The van der Waals surface area contributed by atoms with Gasteiger partial charge in [0.1, 0.15) is 11.6 Å². The van der Waals surface area contributed by atoms with Gasteiger partial charge in [-0.3, -0.25) is 4.79 Å². The van der Waals surface area contributed by atoms with Gasteiger partial charge in [0.05, 0.1) is 31.2 Å². The zero-order valence-electron chi connectivity index (χ0n) is 14.1. The van der Waals surface area contributed by atoms with E-state index in [0.29, 0.717) is 23.6 Å². The average molecular weight is 351 g/mol. The largest absolute Gasteiger partial charge is 0.467 e. The molecule has 7 nitrogen and oxygen atoms in total. The van der Waals surface area contributed by atoms with Crippen LogP contribution in [0.2, 0.25) is 0 Å². The number of nitrogens with one attached hydrogen (secondary N) is 2. The number of hydrogen-bond acceptors (Lipinski definition) is 6. The van der Waals surface area contributed by atoms with E-state index in [0.717, 1.165) is 5.76 Å². The van der Waals surface area contributed by atoms with E-state index < -0.39 is 5.97 Å². The summed E-state index contributed by atoms with van der Waals surface area (Å²) in [5.74, 6) is 0.421. The van der Waals surface area contributed by atoms with Crippen molar-refractivity contribution >= 4 is 23.4 Å². The maximum Gasteiger partial charge on any atom is 0.339 e. The fourth-order valence-corrected chi connectivity index (χ4v) is 2.33. The number of anilines is 2. The van der Waals surface area contributed by atoms with Gasteiger partial charge in [-0.1, -0.05) is 12.1 Å². The number of rotatable bonds is 6. The lowest BCUT2D eigenvalue weighted by Crippen LogP contribution is -2.16. The highest BCUT2D eigenvalue weighted by atomic mass is 16.5. The standard InChI is InChI=1S/C19H17N3O4/c1-25-19(24)15-6-2-3-7-16(15)22-18(23)13-8-9-20-17(11-13)21-12-14-5-4-10-26-14/h2-11H,12H2,1H3,(H,20,21)(H,22,23). The number of ether oxygens (including phenoxy) is 1. The van der Waals surface area contributed by atoms with Crippen molar-refractivity contribution in [3.63, 3.8) is 0 Å². The van der Waals surface area contributed by atoms with Crippen LogP contribution in [0.5, 0.6) is 0 Å². The summed E-state index contributed by atoms with van der Waals surface area (Å²) >= 11 is 0. The summed E-state index contributed by atoms with van der Waals surface area (Å²) in [5.41, 5.74) is 1.07. The first-order chi connectivity index (χ1) is 12.7. The molecular formula is C19H17N3O4. The number of nitrogens with zero attached hydrogens (tertiary/aromatic N) is 1. The second kappa shape index (κ2) is 7.98. The van der Waals surface area contributed by atoms with E-state index in [-0.39, 0.29) is 11.5 Å². The summed E-state index contributed by atoms with van der Waals surface area (Å²) in [6.45, 7) is 0.455. The molecule has 0 spiro atoms. The molecule has 0 radical (unpaired) electrons. The van der Waals surface area contributed by atoms with E-state index in [9.17, 15) is 9.59 Å². The van der Waals surface area contributed by atoms with Crippen molar-refractivity contribution in [3.8, 4) is 0 Å². The SMILES string of the molecule is COC(=O)c1ccccc1NC(=O)c1ccnc(NCc2ccco2)c1. The second-order valence-electron chi connectivity index (χ2n) is 5.35. The lowest BCUT2D eigenvalue weighted by atomic mass is 10.1. The molecular weight excluding hydrogens is 334 g/mol. The van der Waals surface area contributed by atoms with Gasteiger partial charge in [-0.2, -0.15) is 0 Å². The Morgan fingerprint density at radius 2 is 2.00 bits per heavy atom. The summed E-state index contributed by atoms with van der Waals surface area (Å²) in [7, 11) is 1.29. The van der Waals surface area contributed by atoms with Gasteiger partial charge in [-0.05, 0) is 36.4 Å². The molecule has 2 heterocycles. The number of carbonyl (C=O) groups excluding carboxylic acids is 2. The molecule has 0 aliphatic rings. The molecule has 7 heteroatoms. The number of esters is 1. The molecule has 0 unspecified atom stereocenters. The Morgan fingerprint density at radius 1 is 1.15 bits per heavy atom. The highest BCUT2D eigenvalue weighted by Crippen LogP contribution is 2.18. The fourth-order valence-electron chi connectivity index (χ4n) is 2.33. The zero-order chi connectivity index (χ0) is 18.4. The maximum atomic E-state index is 12.5. The van der Waals surface area contributed by atoms with Crippen molar-refractivity contribution in [1.82, 2.24) is 4.98 Å². The highest BCUT2D eigenvalue weighted by Gasteiger charge is 2.14. The summed E-state index contributed by atoms with van der Waals surface area (Å²) < 4.78 is 9.98. The summed E-state index contributed by atoms with van der Waals surface area (Å²) in [4.78, 5) is 28.5. The van der Waals surface area contributed by atoms with Gasteiger partial charge in [0, 0.05) is 11.8 Å². The minimum atomic E-state index is -0.517. The molecule has 2 aromatic heterocycles. The summed E-state index contributed by atoms with van der Waals surface area (Å²) in [5, 5.41) is 5.81. The minimum absolute atomic E-state index is 0.286. The quantitative estimate of drug-likeness (QED) is 0.662. The van der Waals surface area contributed by atoms with Crippen LogP contribution in [0.1, 0.15) is 26.5 Å². The van der Waals surface area contributed by atoms with Crippen molar-refractivity contribution in [1.29, 1.82) is 0 Å². The van der Waals surface area contributed by atoms with E-state index in [1.165, 1.54) is 13.3 Å². The van der Waals surface area contributed by atoms with Crippen LogP contribution in [0.3, 0.4) is 0 Å². The maximum absolute atomic E-state index is 12.5. The van der Waals surface area contributed by atoms with Crippen molar-refractivity contribution in [3.05, 3.63) is 77.9 Å². The number of pyridine rings is 1. The first-order valence-corrected chi connectivity index (χ1v) is 7.88. The predicted octanol–water partition coefficient (Wildman–Crippen LogP) is 3.33. The molecule has 132 valence electrons. The van der Waals surface area contributed by atoms with Crippen molar-refractivity contribution in [2.75, 3.05) is 17.7 Å². The number of carbonyl (C=O) groups is 2. The Bertz CT molecular complexity index is 907. The molecule has 3 aromatic rings. The van der Waals surface area contributed by atoms with Gasteiger partial charge < -0.3 is 19.8 Å². The smallest absolute Gasteiger partial charge is 0.339 e. The first-order valence-electron chi connectivity index (χ1n) is 7.88. The highest BCUT2D eigenvalue weighted by molar-refractivity contribution is 6.08. The van der Waals surface area contributed by atoms with E-state index in [1.807, 2.05) is 6.07 Å². The second-order valence-corrected chi connectivity index (χ2v) is 5.35. The average Bonchev–Trinajstić information content (AvgIpc) is 3.20. The van der Waals surface area contributed by atoms with Crippen LogP contribution >= 0.6 is 0 Å².